The fourth-order valence-electron chi connectivity index (χ4n) is 2.84. The van der Waals surface area contributed by atoms with Crippen molar-refractivity contribution in [1.82, 2.24) is 4.31 Å². The zero-order valence-electron chi connectivity index (χ0n) is 13.3. The number of alkyl halides is 3. The van der Waals surface area contributed by atoms with E-state index in [1.54, 1.807) is 6.92 Å². The number of halogens is 3. The molecule has 2 atom stereocenters. The molecule has 24 heavy (non-hydrogen) atoms. The number of piperidine rings is 1. The van der Waals surface area contributed by atoms with Crippen LogP contribution in [0.25, 0.3) is 0 Å². The topological polar surface area (TPSA) is 80.5 Å². The fourth-order valence-corrected chi connectivity index (χ4v) is 4.58. The number of nitrogens with two attached hydrogens (primary N) is 1. The van der Waals surface area contributed by atoms with Crippen LogP contribution in [0.3, 0.4) is 0 Å². The van der Waals surface area contributed by atoms with E-state index < -0.39 is 44.5 Å². The number of aryl methyl sites for hydroxylation is 1. The lowest BCUT2D eigenvalue weighted by atomic mass is 9.95. The minimum Gasteiger partial charge on any atom is -0.369 e. The molecule has 1 fully saturated rings. The average molecular weight is 364 g/mol. The normalized spacial score (nSPS) is 23.2. The summed E-state index contributed by atoms with van der Waals surface area (Å²) in [6.45, 7) is 2.81. The van der Waals surface area contributed by atoms with Crippen molar-refractivity contribution >= 4 is 15.9 Å². The third kappa shape index (κ3) is 3.56. The van der Waals surface area contributed by atoms with Gasteiger partial charge in [-0.3, -0.25) is 4.79 Å². The zero-order chi connectivity index (χ0) is 18.3. The van der Waals surface area contributed by atoms with Crippen molar-refractivity contribution in [1.29, 1.82) is 0 Å². The third-order valence-electron chi connectivity index (χ3n) is 4.35. The summed E-state index contributed by atoms with van der Waals surface area (Å²) in [4.78, 5) is 10.9. The van der Waals surface area contributed by atoms with Gasteiger partial charge < -0.3 is 5.73 Å². The number of primary amides is 1. The summed E-state index contributed by atoms with van der Waals surface area (Å²) in [6.07, 6.45) is -3.76. The fraction of sp³-hybridized carbons (Fsp3) is 0.533. The van der Waals surface area contributed by atoms with E-state index in [9.17, 15) is 26.4 Å². The van der Waals surface area contributed by atoms with E-state index in [1.165, 1.54) is 6.92 Å². The Hall–Kier alpha value is -1.61. The summed E-state index contributed by atoms with van der Waals surface area (Å²) < 4.78 is 65.7. The molecular formula is C15H19F3N2O3S. The smallest absolute Gasteiger partial charge is 0.369 e. The molecule has 1 aliphatic rings. The molecule has 1 aromatic carbocycles. The van der Waals surface area contributed by atoms with E-state index in [1.807, 2.05) is 0 Å². The highest BCUT2D eigenvalue weighted by Crippen LogP contribution is 2.35. The van der Waals surface area contributed by atoms with Crippen LogP contribution in [-0.4, -0.2) is 31.2 Å². The van der Waals surface area contributed by atoms with Crippen molar-refractivity contribution < 1.29 is 26.4 Å². The van der Waals surface area contributed by atoms with Gasteiger partial charge >= 0.3 is 6.18 Å². The molecule has 0 aromatic heterocycles. The number of hydrogen-bond acceptors (Lipinski definition) is 3. The van der Waals surface area contributed by atoms with Gasteiger partial charge in [0.1, 0.15) is 0 Å². The van der Waals surface area contributed by atoms with Crippen LogP contribution in [0.2, 0.25) is 0 Å². The molecule has 0 saturated carbocycles. The number of hydrogen-bond donors (Lipinski definition) is 1. The summed E-state index contributed by atoms with van der Waals surface area (Å²) in [5, 5.41) is 0. The molecule has 2 N–H and O–H groups in total. The largest absolute Gasteiger partial charge is 0.416 e. The Labute approximate surface area is 138 Å². The number of carbonyl (C=O) groups is 1. The first-order valence-electron chi connectivity index (χ1n) is 7.43. The highest BCUT2D eigenvalue weighted by Gasteiger charge is 2.39. The van der Waals surface area contributed by atoms with Gasteiger partial charge in [0.2, 0.25) is 15.9 Å². The Kier molecular flexibility index (Phi) is 4.96. The second-order valence-corrected chi connectivity index (χ2v) is 7.97. The van der Waals surface area contributed by atoms with Crippen molar-refractivity contribution in [2.45, 2.75) is 43.8 Å². The SMILES string of the molecule is Cc1ccc(S(=O)(=O)N2C[C@@H](C(N)=O)CC[C@@H]2C)cc1C(F)(F)F. The molecule has 0 radical (unpaired) electrons. The van der Waals surface area contributed by atoms with E-state index in [4.69, 9.17) is 5.73 Å². The number of amides is 1. The van der Waals surface area contributed by atoms with Crippen molar-refractivity contribution in [3.05, 3.63) is 29.3 Å². The molecule has 1 heterocycles. The summed E-state index contributed by atoms with van der Waals surface area (Å²) in [6, 6.07) is 2.52. The van der Waals surface area contributed by atoms with Gasteiger partial charge in [0.25, 0.3) is 0 Å². The maximum Gasteiger partial charge on any atom is 0.416 e. The van der Waals surface area contributed by atoms with Gasteiger partial charge in [0, 0.05) is 12.6 Å². The first-order valence-corrected chi connectivity index (χ1v) is 8.87. The Morgan fingerprint density at radius 2 is 1.92 bits per heavy atom. The van der Waals surface area contributed by atoms with Gasteiger partial charge in [-0.25, -0.2) is 8.42 Å². The molecule has 0 bridgehead atoms. The molecule has 1 aromatic rings. The molecule has 0 aliphatic carbocycles. The minimum atomic E-state index is -4.64. The van der Waals surface area contributed by atoms with E-state index in [0.29, 0.717) is 18.9 Å². The standard InChI is InChI=1S/C15H19F3N2O3S/c1-9-3-6-12(7-13(9)15(16,17)18)24(22,23)20-8-11(14(19)21)5-4-10(20)2/h3,6-7,10-11H,4-5,8H2,1-2H3,(H2,19,21)/t10-,11-/m0/s1. The summed E-state index contributed by atoms with van der Waals surface area (Å²) >= 11 is 0. The monoisotopic (exact) mass is 364 g/mol. The minimum absolute atomic E-state index is 0.0526. The molecule has 0 spiro atoms. The predicted octanol–water partition coefficient (Wildman–Crippen LogP) is 2.29. The predicted molar refractivity (Wildman–Crippen MR) is 81.5 cm³/mol. The van der Waals surface area contributed by atoms with Crippen molar-refractivity contribution in [2.24, 2.45) is 11.7 Å². The lowest BCUT2D eigenvalue weighted by Crippen LogP contribution is -2.48. The first kappa shape index (κ1) is 18.7. The number of nitrogens with zero attached hydrogens (tertiary/aromatic N) is 1. The lowest BCUT2D eigenvalue weighted by Gasteiger charge is -2.35. The zero-order valence-corrected chi connectivity index (χ0v) is 14.1. The van der Waals surface area contributed by atoms with Gasteiger partial charge in [-0.2, -0.15) is 17.5 Å². The second-order valence-electron chi connectivity index (χ2n) is 6.07. The molecule has 1 aliphatic heterocycles. The molecule has 134 valence electrons. The molecule has 5 nitrogen and oxygen atoms in total. The van der Waals surface area contributed by atoms with Crippen LogP contribution in [0.5, 0.6) is 0 Å². The van der Waals surface area contributed by atoms with E-state index in [0.717, 1.165) is 16.4 Å². The highest BCUT2D eigenvalue weighted by molar-refractivity contribution is 7.89. The average Bonchev–Trinajstić information content (AvgIpc) is 2.46. The van der Waals surface area contributed by atoms with Gasteiger partial charge in [-0.05, 0) is 44.4 Å². The molecule has 9 heteroatoms. The summed E-state index contributed by atoms with van der Waals surface area (Å²) in [7, 11) is -4.15. The van der Waals surface area contributed by atoms with Gasteiger partial charge in [0.05, 0.1) is 16.4 Å². The van der Waals surface area contributed by atoms with Crippen LogP contribution >= 0.6 is 0 Å². The van der Waals surface area contributed by atoms with Crippen LogP contribution in [0.4, 0.5) is 13.2 Å². The Morgan fingerprint density at radius 3 is 2.46 bits per heavy atom. The number of benzene rings is 1. The Morgan fingerprint density at radius 1 is 1.29 bits per heavy atom. The third-order valence-corrected chi connectivity index (χ3v) is 6.32. The Bertz CT molecular complexity index is 747. The van der Waals surface area contributed by atoms with Crippen molar-refractivity contribution in [3.8, 4) is 0 Å². The van der Waals surface area contributed by atoms with Gasteiger partial charge in [-0.1, -0.05) is 6.07 Å². The molecular weight excluding hydrogens is 345 g/mol. The number of carbonyl (C=O) groups excluding carboxylic acids is 1. The maximum absolute atomic E-state index is 13.0. The maximum atomic E-state index is 13.0. The van der Waals surface area contributed by atoms with Crippen molar-refractivity contribution in [2.75, 3.05) is 6.54 Å². The quantitative estimate of drug-likeness (QED) is 0.894. The van der Waals surface area contributed by atoms with Crippen molar-refractivity contribution in [3.63, 3.8) is 0 Å². The van der Waals surface area contributed by atoms with E-state index in [2.05, 4.69) is 0 Å². The number of rotatable bonds is 3. The molecule has 0 unspecified atom stereocenters. The van der Waals surface area contributed by atoms with Crippen LogP contribution in [0, 0.1) is 12.8 Å². The van der Waals surface area contributed by atoms with E-state index in [-0.39, 0.29) is 12.1 Å². The Balaban J connectivity index is 2.44. The lowest BCUT2D eigenvalue weighted by molar-refractivity contribution is -0.138. The molecule has 1 saturated heterocycles. The van der Waals surface area contributed by atoms with Crippen LogP contribution in [-0.2, 0) is 21.0 Å². The second kappa shape index (κ2) is 6.36. The molecule has 2 rings (SSSR count). The number of sulfonamides is 1. The summed E-state index contributed by atoms with van der Waals surface area (Å²) in [5.74, 6) is -1.24. The van der Waals surface area contributed by atoms with Crippen LogP contribution < -0.4 is 5.73 Å². The first-order chi connectivity index (χ1) is 10.9. The van der Waals surface area contributed by atoms with Crippen LogP contribution in [0.1, 0.15) is 30.9 Å². The van der Waals surface area contributed by atoms with E-state index >= 15 is 0 Å². The van der Waals surface area contributed by atoms with Gasteiger partial charge in [-0.15, -0.1) is 0 Å². The van der Waals surface area contributed by atoms with Crippen LogP contribution in [0.15, 0.2) is 23.1 Å². The molecule has 1 amide bonds. The highest BCUT2D eigenvalue weighted by atomic mass is 32.2. The summed E-state index contributed by atoms with van der Waals surface area (Å²) in [5.41, 5.74) is 4.21. The van der Waals surface area contributed by atoms with Gasteiger partial charge in [0.15, 0.2) is 0 Å².